The first-order chi connectivity index (χ1) is 15.2. The van der Waals surface area contributed by atoms with E-state index in [1.807, 2.05) is 54.4 Å². The van der Waals surface area contributed by atoms with Crippen LogP contribution in [0.3, 0.4) is 0 Å². The highest BCUT2D eigenvalue weighted by atomic mass is 16.5. The number of aryl methyl sites for hydroxylation is 1. The maximum Gasteiger partial charge on any atom is 0.274 e. The number of ether oxygens (including phenoxy) is 1. The van der Waals surface area contributed by atoms with Gasteiger partial charge in [0, 0.05) is 37.6 Å². The molecule has 4 heterocycles. The molecule has 31 heavy (non-hydrogen) atoms. The predicted octanol–water partition coefficient (Wildman–Crippen LogP) is 3.41. The Bertz CT molecular complexity index is 1230. The number of imidazole rings is 1. The van der Waals surface area contributed by atoms with Crippen LogP contribution in [-0.4, -0.2) is 55.3 Å². The van der Waals surface area contributed by atoms with Crippen molar-refractivity contribution in [1.82, 2.24) is 29.2 Å². The molecule has 1 amide bonds. The van der Waals surface area contributed by atoms with Crippen molar-refractivity contribution in [3.8, 4) is 17.1 Å². The van der Waals surface area contributed by atoms with Crippen LogP contribution in [0.15, 0.2) is 54.9 Å². The van der Waals surface area contributed by atoms with Crippen molar-refractivity contribution in [1.29, 1.82) is 0 Å². The van der Waals surface area contributed by atoms with Crippen LogP contribution in [0.25, 0.3) is 22.6 Å². The Morgan fingerprint density at radius 2 is 2.03 bits per heavy atom. The molecule has 8 nitrogen and oxygen atoms in total. The van der Waals surface area contributed by atoms with Crippen molar-refractivity contribution in [3.63, 3.8) is 0 Å². The van der Waals surface area contributed by atoms with Gasteiger partial charge in [-0.2, -0.15) is 5.10 Å². The molecule has 0 unspecified atom stereocenters. The third kappa shape index (κ3) is 3.43. The molecule has 0 aliphatic carbocycles. The van der Waals surface area contributed by atoms with Crippen molar-refractivity contribution < 1.29 is 9.53 Å². The van der Waals surface area contributed by atoms with Crippen LogP contribution in [0.2, 0.25) is 0 Å². The summed E-state index contributed by atoms with van der Waals surface area (Å²) in [4.78, 5) is 24.3. The van der Waals surface area contributed by atoms with E-state index in [1.54, 1.807) is 24.1 Å². The summed E-state index contributed by atoms with van der Waals surface area (Å²) in [7, 11) is 1.65. The largest absolute Gasteiger partial charge is 0.497 e. The standard InChI is InChI=1S/C23H24N6O2/c1-3-28-14-11-20(26-28)23(30)27-13-10-17(15-27)29-21(16-6-8-18(31-2)9-7-16)25-19-5-4-12-24-22(19)29/h4-9,11-12,14,17H,3,10,13,15H2,1-2H3/t17-/m0/s1. The smallest absolute Gasteiger partial charge is 0.274 e. The highest BCUT2D eigenvalue weighted by Crippen LogP contribution is 2.33. The highest BCUT2D eigenvalue weighted by Gasteiger charge is 2.32. The number of carbonyl (C=O) groups excluding carboxylic acids is 1. The van der Waals surface area contributed by atoms with Gasteiger partial charge in [-0.15, -0.1) is 0 Å². The van der Waals surface area contributed by atoms with Crippen LogP contribution in [0, 0.1) is 0 Å². The van der Waals surface area contributed by atoms with Gasteiger partial charge < -0.3 is 14.2 Å². The van der Waals surface area contributed by atoms with E-state index < -0.39 is 0 Å². The maximum absolute atomic E-state index is 13.0. The van der Waals surface area contributed by atoms with Gasteiger partial charge in [0.1, 0.15) is 22.8 Å². The second-order valence-corrected chi connectivity index (χ2v) is 7.63. The van der Waals surface area contributed by atoms with Gasteiger partial charge in [0.05, 0.1) is 13.2 Å². The van der Waals surface area contributed by atoms with Crippen LogP contribution < -0.4 is 4.74 Å². The molecule has 5 rings (SSSR count). The predicted molar refractivity (Wildman–Crippen MR) is 117 cm³/mol. The zero-order valence-electron chi connectivity index (χ0n) is 17.6. The number of methoxy groups -OCH3 is 1. The molecule has 8 heteroatoms. The number of amides is 1. The van der Waals surface area contributed by atoms with E-state index in [2.05, 4.69) is 14.6 Å². The number of carbonyl (C=O) groups is 1. The van der Waals surface area contributed by atoms with Gasteiger partial charge in [0.2, 0.25) is 0 Å². The Morgan fingerprint density at radius 3 is 2.77 bits per heavy atom. The van der Waals surface area contributed by atoms with E-state index in [9.17, 15) is 4.79 Å². The lowest BCUT2D eigenvalue weighted by Gasteiger charge is -2.18. The maximum atomic E-state index is 13.0. The number of benzene rings is 1. The van der Waals surface area contributed by atoms with Gasteiger partial charge in [-0.25, -0.2) is 9.97 Å². The fraction of sp³-hybridized carbons (Fsp3) is 0.304. The molecule has 0 radical (unpaired) electrons. The number of hydrogen-bond donors (Lipinski definition) is 0. The first-order valence-electron chi connectivity index (χ1n) is 10.5. The summed E-state index contributed by atoms with van der Waals surface area (Å²) in [5.41, 5.74) is 3.17. The van der Waals surface area contributed by atoms with Gasteiger partial charge >= 0.3 is 0 Å². The number of nitrogens with zero attached hydrogens (tertiary/aromatic N) is 6. The molecular formula is C23H24N6O2. The van der Waals surface area contributed by atoms with E-state index in [1.165, 1.54) is 0 Å². The molecule has 3 aromatic heterocycles. The Labute approximate surface area is 180 Å². The van der Waals surface area contributed by atoms with E-state index in [4.69, 9.17) is 9.72 Å². The average Bonchev–Trinajstić information content (AvgIpc) is 3.56. The molecule has 1 fully saturated rings. The van der Waals surface area contributed by atoms with Crippen LogP contribution in [0.4, 0.5) is 0 Å². The van der Waals surface area contributed by atoms with Crippen molar-refractivity contribution >= 4 is 17.1 Å². The van der Waals surface area contributed by atoms with Crippen LogP contribution in [0.5, 0.6) is 5.75 Å². The van der Waals surface area contributed by atoms with Crippen molar-refractivity contribution in [3.05, 3.63) is 60.6 Å². The molecule has 1 aliphatic rings. The summed E-state index contributed by atoms with van der Waals surface area (Å²) in [5, 5.41) is 4.37. The van der Waals surface area contributed by atoms with E-state index >= 15 is 0 Å². The summed E-state index contributed by atoms with van der Waals surface area (Å²) < 4.78 is 9.24. The average molecular weight is 416 g/mol. The zero-order chi connectivity index (χ0) is 21.4. The summed E-state index contributed by atoms with van der Waals surface area (Å²) in [6.45, 7) is 4.03. The van der Waals surface area contributed by atoms with Gasteiger partial charge in [-0.1, -0.05) is 0 Å². The molecule has 1 atom stereocenters. The second-order valence-electron chi connectivity index (χ2n) is 7.63. The molecule has 1 aromatic carbocycles. The van der Waals surface area contributed by atoms with Crippen molar-refractivity contribution in [2.75, 3.05) is 20.2 Å². The Hall–Kier alpha value is -3.68. The number of pyridine rings is 1. The molecule has 4 aromatic rings. The molecule has 1 saturated heterocycles. The van der Waals surface area contributed by atoms with Gasteiger partial charge in [-0.3, -0.25) is 9.48 Å². The minimum Gasteiger partial charge on any atom is -0.497 e. The molecule has 0 spiro atoms. The molecular weight excluding hydrogens is 392 g/mol. The fourth-order valence-corrected chi connectivity index (χ4v) is 4.17. The topological polar surface area (TPSA) is 78.1 Å². The van der Waals surface area contributed by atoms with Gasteiger partial charge in [-0.05, 0) is 55.8 Å². The number of fused-ring (bicyclic) bond motifs is 1. The molecule has 1 aliphatic heterocycles. The minimum atomic E-state index is -0.0296. The van der Waals surface area contributed by atoms with Crippen molar-refractivity contribution in [2.45, 2.75) is 25.9 Å². The second kappa shape index (κ2) is 7.86. The summed E-state index contributed by atoms with van der Waals surface area (Å²) in [6, 6.07) is 13.6. The summed E-state index contributed by atoms with van der Waals surface area (Å²) in [6.07, 6.45) is 4.47. The van der Waals surface area contributed by atoms with Crippen LogP contribution in [0.1, 0.15) is 29.9 Å². The lowest BCUT2D eigenvalue weighted by atomic mass is 10.2. The monoisotopic (exact) mass is 416 g/mol. The summed E-state index contributed by atoms with van der Waals surface area (Å²) >= 11 is 0. The Kier molecular flexibility index (Phi) is 4.89. The molecule has 158 valence electrons. The van der Waals surface area contributed by atoms with E-state index in [0.717, 1.165) is 41.3 Å². The fourth-order valence-electron chi connectivity index (χ4n) is 4.17. The van der Waals surface area contributed by atoms with Crippen LogP contribution >= 0.6 is 0 Å². The first kappa shape index (κ1) is 19.3. The lowest BCUT2D eigenvalue weighted by molar-refractivity contribution is 0.0781. The normalized spacial score (nSPS) is 16.2. The van der Waals surface area contributed by atoms with Gasteiger partial charge in [0.15, 0.2) is 5.65 Å². The molecule has 0 N–H and O–H groups in total. The quantitative estimate of drug-likeness (QED) is 0.498. The number of aromatic nitrogens is 5. The zero-order valence-corrected chi connectivity index (χ0v) is 17.6. The molecule has 0 saturated carbocycles. The number of rotatable bonds is 5. The third-order valence-electron chi connectivity index (χ3n) is 5.80. The lowest BCUT2D eigenvalue weighted by Crippen LogP contribution is -2.29. The minimum absolute atomic E-state index is 0.0296. The van der Waals surface area contributed by atoms with Crippen molar-refractivity contribution in [2.24, 2.45) is 0 Å². The van der Waals surface area contributed by atoms with Gasteiger partial charge in [0.25, 0.3) is 5.91 Å². The Morgan fingerprint density at radius 1 is 1.19 bits per heavy atom. The highest BCUT2D eigenvalue weighted by molar-refractivity contribution is 5.92. The first-order valence-corrected chi connectivity index (χ1v) is 10.5. The third-order valence-corrected chi connectivity index (χ3v) is 5.80. The van der Waals surface area contributed by atoms with E-state index in [0.29, 0.717) is 18.8 Å². The molecule has 0 bridgehead atoms. The van der Waals surface area contributed by atoms with Crippen LogP contribution in [-0.2, 0) is 6.54 Å². The number of likely N-dealkylation sites (tertiary alicyclic amines) is 1. The number of hydrogen-bond acceptors (Lipinski definition) is 5. The summed E-state index contributed by atoms with van der Waals surface area (Å²) in [5.74, 6) is 1.62. The Balaban J connectivity index is 1.48. The SMILES string of the molecule is CCn1ccc(C(=O)N2CC[C@H](n3c(-c4ccc(OC)cc4)nc4cccnc43)C2)n1. The van der Waals surface area contributed by atoms with E-state index in [-0.39, 0.29) is 11.9 Å².